The van der Waals surface area contributed by atoms with Gasteiger partial charge in [-0.2, -0.15) is 5.26 Å². The molecule has 0 bridgehead atoms. The maximum Gasteiger partial charge on any atom is 0.246 e. The number of nitriles is 1. The van der Waals surface area contributed by atoms with Gasteiger partial charge in [0, 0.05) is 25.6 Å². The Hall–Kier alpha value is -2.85. The van der Waals surface area contributed by atoms with Crippen LogP contribution in [0, 0.1) is 11.3 Å². The minimum Gasteiger partial charge on any atom is -0.497 e. The van der Waals surface area contributed by atoms with E-state index in [2.05, 4.69) is 21.7 Å². The highest BCUT2D eigenvalue weighted by Crippen LogP contribution is 2.23. The Morgan fingerprint density at radius 2 is 2.13 bits per heavy atom. The average Bonchev–Trinajstić information content (AvgIpc) is 2.57. The molecule has 2 aromatic rings. The molecule has 0 fully saturated rings. The fourth-order valence-electron chi connectivity index (χ4n) is 2.07. The molecule has 7 heteroatoms. The summed E-state index contributed by atoms with van der Waals surface area (Å²) in [5.41, 5.74) is 1.20. The summed E-state index contributed by atoms with van der Waals surface area (Å²) in [5, 5.41) is 15.9. The fourth-order valence-corrected chi connectivity index (χ4v) is 2.07. The summed E-state index contributed by atoms with van der Waals surface area (Å²) in [6.07, 6.45) is 0. The third-order valence-electron chi connectivity index (χ3n) is 3.16. The van der Waals surface area contributed by atoms with E-state index in [0.717, 1.165) is 10.9 Å². The molecule has 2 N–H and O–H groups in total. The van der Waals surface area contributed by atoms with Crippen molar-refractivity contribution in [2.24, 2.45) is 0 Å². The third kappa shape index (κ3) is 4.31. The summed E-state index contributed by atoms with van der Waals surface area (Å²) in [7, 11) is 3.05. The Bertz CT molecular complexity index is 740. The molecule has 1 aromatic heterocycles. The summed E-state index contributed by atoms with van der Waals surface area (Å²) in [4.78, 5) is 15.7. The second kappa shape index (κ2) is 7.96. The predicted octanol–water partition coefficient (Wildman–Crippen LogP) is 1.29. The first-order valence-corrected chi connectivity index (χ1v) is 7.06. The monoisotopic (exact) mass is 314 g/mol. The van der Waals surface area contributed by atoms with Crippen LogP contribution in [0.4, 0.5) is 5.82 Å². The lowest BCUT2D eigenvalue weighted by atomic mass is 10.1. The number of aromatic nitrogens is 1. The molecular formula is C16H18N4O3. The molecule has 0 unspecified atom stereocenters. The summed E-state index contributed by atoms with van der Waals surface area (Å²) >= 11 is 0. The zero-order chi connectivity index (χ0) is 16.7. The number of nitrogens with zero attached hydrogens (tertiary/aromatic N) is 2. The smallest absolute Gasteiger partial charge is 0.246 e. The van der Waals surface area contributed by atoms with E-state index in [9.17, 15) is 10.1 Å². The number of ether oxygens (including phenoxy) is 2. The molecule has 7 nitrogen and oxygen atoms in total. The van der Waals surface area contributed by atoms with Crippen LogP contribution in [0.3, 0.4) is 0 Å². The van der Waals surface area contributed by atoms with Crippen molar-refractivity contribution in [3.63, 3.8) is 0 Å². The summed E-state index contributed by atoms with van der Waals surface area (Å²) < 4.78 is 9.90. The van der Waals surface area contributed by atoms with Crippen LogP contribution in [0.25, 0.3) is 10.9 Å². The van der Waals surface area contributed by atoms with Gasteiger partial charge in [0.2, 0.25) is 5.91 Å². The van der Waals surface area contributed by atoms with Crippen LogP contribution in [0.1, 0.15) is 5.56 Å². The predicted molar refractivity (Wildman–Crippen MR) is 86.4 cm³/mol. The number of pyridine rings is 1. The van der Waals surface area contributed by atoms with Crippen LogP contribution in [-0.4, -0.2) is 44.8 Å². The highest BCUT2D eigenvalue weighted by Gasteiger charge is 2.07. The van der Waals surface area contributed by atoms with E-state index in [1.165, 1.54) is 7.11 Å². The van der Waals surface area contributed by atoms with Gasteiger partial charge in [0.25, 0.3) is 0 Å². The van der Waals surface area contributed by atoms with E-state index in [1.807, 2.05) is 18.2 Å². The molecule has 0 saturated heterocycles. The van der Waals surface area contributed by atoms with Gasteiger partial charge in [-0.05, 0) is 24.3 Å². The van der Waals surface area contributed by atoms with Crippen LogP contribution >= 0.6 is 0 Å². The Morgan fingerprint density at radius 3 is 2.83 bits per heavy atom. The number of anilines is 1. The van der Waals surface area contributed by atoms with Crippen molar-refractivity contribution >= 4 is 22.6 Å². The first-order chi connectivity index (χ1) is 11.2. The third-order valence-corrected chi connectivity index (χ3v) is 3.16. The lowest BCUT2D eigenvalue weighted by Crippen LogP contribution is -2.31. The molecule has 0 spiro atoms. The molecule has 0 radical (unpaired) electrons. The van der Waals surface area contributed by atoms with Crippen LogP contribution in [-0.2, 0) is 9.53 Å². The maximum absolute atomic E-state index is 11.3. The number of hydrogen-bond donors (Lipinski definition) is 2. The number of carbonyl (C=O) groups excluding carboxylic acids is 1. The number of fused-ring (bicyclic) bond motifs is 1. The van der Waals surface area contributed by atoms with Crippen molar-refractivity contribution < 1.29 is 14.3 Å². The van der Waals surface area contributed by atoms with Crippen LogP contribution < -0.4 is 15.4 Å². The van der Waals surface area contributed by atoms with E-state index in [-0.39, 0.29) is 12.5 Å². The van der Waals surface area contributed by atoms with Gasteiger partial charge in [-0.15, -0.1) is 0 Å². The topological polar surface area (TPSA) is 96.3 Å². The number of amides is 1. The Balaban J connectivity index is 2.08. The van der Waals surface area contributed by atoms with Crippen molar-refractivity contribution in [1.29, 1.82) is 5.26 Å². The van der Waals surface area contributed by atoms with Crippen molar-refractivity contribution in [2.75, 3.05) is 39.2 Å². The van der Waals surface area contributed by atoms with E-state index in [0.29, 0.717) is 30.2 Å². The number of benzene rings is 1. The normalized spacial score (nSPS) is 10.1. The van der Waals surface area contributed by atoms with E-state index in [1.54, 1.807) is 13.2 Å². The first-order valence-electron chi connectivity index (χ1n) is 7.06. The zero-order valence-electron chi connectivity index (χ0n) is 13.0. The van der Waals surface area contributed by atoms with Gasteiger partial charge in [0.15, 0.2) is 0 Å². The molecule has 120 valence electrons. The number of rotatable bonds is 7. The molecule has 0 atom stereocenters. The molecule has 0 saturated carbocycles. The highest BCUT2D eigenvalue weighted by atomic mass is 16.5. The fraction of sp³-hybridized carbons (Fsp3) is 0.312. The lowest BCUT2D eigenvalue weighted by Gasteiger charge is -2.10. The van der Waals surface area contributed by atoms with Gasteiger partial charge in [0.1, 0.15) is 24.2 Å². The molecule has 0 aliphatic heterocycles. The number of nitrogens with one attached hydrogen (secondary N) is 2. The molecule has 23 heavy (non-hydrogen) atoms. The molecular weight excluding hydrogens is 296 g/mol. The first kappa shape index (κ1) is 16.5. The van der Waals surface area contributed by atoms with Gasteiger partial charge in [-0.25, -0.2) is 4.98 Å². The summed E-state index contributed by atoms with van der Waals surface area (Å²) in [6, 6.07) is 9.36. The minimum atomic E-state index is -0.187. The van der Waals surface area contributed by atoms with E-state index >= 15 is 0 Å². The maximum atomic E-state index is 11.3. The Labute approximate surface area is 134 Å². The van der Waals surface area contributed by atoms with Crippen molar-refractivity contribution in [2.45, 2.75) is 0 Å². The zero-order valence-corrected chi connectivity index (χ0v) is 13.0. The van der Waals surface area contributed by atoms with Crippen molar-refractivity contribution in [3.8, 4) is 11.8 Å². The second-order valence-electron chi connectivity index (χ2n) is 4.76. The molecule has 0 aliphatic rings. The largest absolute Gasteiger partial charge is 0.497 e. The van der Waals surface area contributed by atoms with Crippen LogP contribution in [0.5, 0.6) is 5.75 Å². The van der Waals surface area contributed by atoms with Gasteiger partial charge < -0.3 is 20.1 Å². The van der Waals surface area contributed by atoms with Gasteiger partial charge in [-0.3, -0.25) is 4.79 Å². The molecule has 0 aliphatic carbocycles. The highest BCUT2D eigenvalue weighted by molar-refractivity contribution is 5.84. The average molecular weight is 314 g/mol. The molecule has 1 amide bonds. The number of methoxy groups -OCH3 is 2. The van der Waals surface area contributed by atoms with Crippen LogP contribution in [0.15, 0.2) is 24.3 Å². The lowest BCUT2D eigenvalue weighted by molar-refractivity contribution is -0.124. The summed E-state index contributed by atoms with van der Waals surface area (Å²) in [6.45, 7) is 0.897. The Morgan fingerprint density at radius 1 is 1.30 bits per heavy atom. The molecule has 2 rings (SSSR count). The SMILES string of the molecule is COCC(=O)NCCNc1nc2ccc(OC)cc2cc1C#N. The summed E-state index contributed by atoms with van der Waals surface area (Å²) in [5.74, 6) is 1.02. The minimum absolute atomic E-state index is 0.0273. The van der Waals surface area contributed by atoms with E-state index < -0.39 is 0 Å². The molecule has 1 heterocycles. The number of hydrogen-bond acceptors (Lipinski definition) is 6. The van der Waals surface area contributed by atoms with E-state index in [4.69, 9.17) is 9.47 Å². The molecule has 1 aromatic carbocycles. The quantitative estimate of drug-likeness (QED) is 0.748. The Kier molecular flexibility index (Phi) is 5.72. The van der Waals surface area contributed by atoms with Crippen LogP contribution in [0.2, 0.25) is 0 Å². The van der Waals surface area contributed by atoms with Crippen molar-refractivity contribution in [3.05, 3.63) is 29.8 Å². The van der Waals surface area contributed by atoms with Gasteiger partial charge in [0.05, 0.1) is 18.2 Å². The standard InChI is InChI=1S/C16H18N4O3/c1-22-10-15(21)18-5-6-19-16-12(9-17)7-11-8-13(23-2)3-4-14(11)20-16/h3-4,7-8H,5-6,10H2,1-2H3,(H,18,21)(H,19,20). The van der Waals surface area contributed by atoms with Crippen molar-refractivity contribution in [1.82, 2.24) is 10.3 Å². The van der Waals surface area contributed by atoms with Gasteiger partial charge in [-0.1, -0.05) is 0 Å². The van der Waals surface area contributed by atoms with Gasteiger partial charge >= 0.3 is 0 Å². The number of carbonyl (C=O) groups is 1. The second-order valence-corrected chi connectivity index (χ2v) is 4.76.